The highest BCUT2D eigenvalue weighted by molar-refractivity contribution is 7.87. The zero-order valence-corrected chi connectivity index (χ0v) is 11.8. The molecule has 0 radical (unpaired) electrons. The van der Waals surface area contributed by atoms with Gasteiger partial charge in [-0.15, -0.1) is 0 Å². The molecule has 102 valence electrons. The van der Waals surface area contributed by atoms with Crippen LogP contribution >= 0.6 is 0 Å². The van der Waals surface area contributed by atoms with Gasteiger partial charge in [0.15, 0.2) is 0 Å². The van der Waals surface area contributed by atoms with Crippen LogP contribution in [0, 0.1) is 0 Å². The van der Waals surface area contributed by atoms with E-state index in [0.717, 1.165) is 25.7 Å². The Kier molecular flexibility index (Phi) is 5.85. The molecule has 1 atom stereocenters. The van der Waals surface area contributed by atoms with Gasteiger partial charge in [-0.1, -0.05) is 19.3 Å². The van der Waals surface area contributed by atoms with Crippen molar-refractivity contribution in [2.24, 2.45) is 0 Å². The molecule has 0 amide bonds. The third-order valence-electron chi connectivity index (χ3n) is 3.42. The molecular weight excluding hydrogens is 240 g/mol. The molecule has 17 heavy (non-hydrogen) atoms. The monoisotopic (exact) mass is 264 g/mol. The standard InChI is InChI=1S/C11H24N2O3S/c1-10(16-3)9-12-17(14,15)13(2)11-7-5-4-6-8-11/h10-12H,4-9H2,1-3H3. The number of hydrogen-bond acceptors (Lipinski definition) is 3. The second kappa shape index (κ2) is 6.68. The molecule has 0 aromatic heterocycles. The lowest BCUT2D eigenvalue weighted by Gasteiger charge is -2.30. The molecule has 1 rings (SSSR count). The molecule has 0 spiro atoms. The van der Waals surface area contributed by atoms with E-state index >= 15 is 0 Å². The van der Waals surface area contributed by atoms with E-state index < -0.39 is 10.2 Å². The molecule has 1 aliphatic rings. The third-order valence-corrected chi connectivity index (χ3v) is 5.01. The Morgan fingerprint density at radius 2 is 1.94 bits per heavy atom. The Labute approximate surface area is 105 Å². The zero-order chi connectivity index (χ0) is 12.9. The van der Waals surface area contributed by atoms with Crippen molar-refractivity contribution >= 4 is 10.2 Å². The second-order valence-electron chi connectivity index (χ2n) is 4.71. The fraction of sp³-hybridized carbons (Fsp3) is 1.00. The van der Waals surface area contributed by atoms with Gasteiger partial charge in [0.1, 0.15) is 0 Å². The van der Waals surface area contributed by atoms with Crippen molar-refractivity contribution in [3.63, 3.8) is 0 Å². The summed E-state index contributed by atoms with van der Waals surface area (Å²) in [5.74, 6) is 0. The largest absolute Gasteiger partial charge is 0.380 e. The molecule has 5 nitrogen and oxygen atoms in total. The predicted octanol–water partition coefficient (Wildman–Crippen LogP) is 1.12. The number of rotatable bonds is 6. The van der Waals surface area contributed by atoms with Crippen LogP contribution < -0.4 is 4.72 Å². The third kappa shape index (κ3) is 4.54. The van der Waals surface area contributed by atoms with Gasteiger partial charge >= 0.3 is 0 Å². The minimum atomic E-state index is -3.36. The minimum absolute atomic E-state index is 0.107. The van der Waals surface area contributed by atoms with Crippen molar-refractivity contribution in [2.75, 3.05) is 20.7 Å². The second-order valence-corrected chi connectivity index (χ2v) is 6.52. The van der Waals surface area contributed by atoms with Crippen molar-refractivity contribution in [3.05, 3.63) is 0 Å². The first-order valence-corrected chi connectivity index (χ1v) is 7.67. The van der Waals surface area contributed by atoms with Crippen molar-refractivity contribution < 1.29 is 13.2 Å². The van der Waals surface area contributed by atoms with Crippen LogP contribution in [0.1, 0.15) is 39.0 Å². The molecule has 6 heteroatoms. The quantitative estimate of drug-likeness (QED) is 0.782. The molecule has 1 saturated carbocycles. The van der Waals surface area contributed by atoms with E-state index in [1.165, 1.54) is 10.7 Å². The van der Waals surface area contributed by atoms with Crippen molar-refractivity contribution in [1.29, 1.82) is 0 Å². The van der Waals surface area contributed by atoms with E-state index in [2.05, 4.69) is 4.72 Å². The summed E-state index contributed by atoms with van der Waals surface area (Å²) in [6, 6.07) is 0.152. The minimum Gasteiger partial charge on any atom is -0.380 e. The normalized spacial score (nSPS) is 20.7. The molecule has 0 saturated heterocycles. The van der Waals surface area contributed by atoms with Gasteiger partial charge in [0.05, 0.1) is 6.10 Å². The lowest BCUT2D eigenvalue weighted by molar-refractivity contribution is 0.121. The van der Waals surface area contributed by atoms with Crippen LogP contribution in [0.4, 0.5) is 0 Å². The Morgan fingerprint density at radius 1 is 1.35 bits per heavy atom. The van der Waals surface area contributed by atoms with Crippen LogP contribution in [0.15, 0.2) is 0 Å². The SMILES string of the molecule is COC(C)CNS(=O)(=O)N(C)C1CCCCC1. The lowest BCUT2D eigenvalue weighted by Crippen LogP contribution is -2.46. The van der Waals surface area contributed by atoms with Crippen LogP contribution in [-0.4, -0.2) is 45.6 Å². The molecule has 1 unspecified atom stereocenters. The summed E-state index contributed by atoms with van der Waals surface area (Å²) in [5, 5.41) is 0. The highest BCUT2D eigenvalue weighted by Crippen LogP contribution is 2.22. The van der Waals surface area contributed by atoms with Crippen LogP contribution in [0.5, 0.6) is 0 Å². The highest BCUT2D eigenvalue weighted by atomic mass is 32.2. The van der Waals surface area contributed by atoms with Gasteiger partial charge in [-0.2, -0.15) is 17.4 Å². The molecule has 1 fully saturated rings. The lowest BCUT2D eigenvalue weighted by atomic mass is 9.96. The first-order valence-electron chi connectivity index (χ1n) is 6.23. The van der Waals surface area contributed by atoms with Gasteiger partial charge in [0.2, 0.25) is 0 Å². The number of methoxy groups -OCH3 is 1. The molecule has 0 bridgehead atoms. The highest BCUT2D eigenvalue weighted by Gasteiger charge is 2.27. The van der Waals surface area contributed by atoms with Crippen molar-refractivity contribution in [3.8, 4) is 0 Å². The van der Waals surface area contributed by atoms with Gasteiger partial charge in [-0.05, 0) is 19.8 Å². The van der Waals surface area contributed by atoms with Crippen LogP contribution in [0.2, 0.25) is 0 Å². The maximum absolute atomic E-state index is 12.0. The molecular formula is C11H24N2O3S. The maximum Gasteiger partial charge on any atom is 0.279 e. The average molecular weight is 264 g/mol. The topological polar surface area (TPSA) is 58.6 Å². The van der Waals surface area contributed by atoms with Gasteiger partial charge in [0.25, 0.3) is 10.2 Å². The van der Waals surface area contributed by atoms with Gasteiger partial charge in [-0.25, -0.2) is 0 Å². The summed E-state index contributed by atoms with van der Waals surface area (Å²) in [6.07, 6.45) is 5.30. The smallest absolute Gasteiger partial charge is 0.279 e. The van der Waals surface area contributed by atoms with Crippen LogP contribution in [0.3, 0.4) is 0 Å². The van der Waals surface area contributed by atoms with Crippen LogP contribution in [-0.2, 0) is 14.9 Å². The number of hydrogen-bond donors (Lipinski definition) is 1. The summed E-state index contributed by atoms with van der Waals surface area (Å²) in [6.45, 7) is 2.15. The molecule has 0 aromatic carbocycles. The molecule has 1 N–H and O–H groups in total. The van der Waals surface area contributed by atoms with Gasteiger partial charge in [-0.3, -0.25) is 0 Å². The van der Waals surface area contributed by atoms with E-state index in [0.29, 0.717) is 6.54 Å². The number of nitrogens with one attached hydrogen (secondary N) is 1. The average Bonchev–Trinajstić information content (AvgIpc) is 2.36. The summed E-state index contributed by atoms with van der Waals surface area (Å²) in [5.41, 5.74) is 0. The molecule has 0 heterocycles. The van der Waals surface area contributed by atoms with Crippen LogP contribution in [0.25, 0.3) is 0 Å². The first kappa shape index (κ1) is 14.9. The van der Waals surface area contributed by atoms with E-state index in [9.17, 15) is 8.42 Å². The van der Waals surface area contributed by atoms with E-state index in [1.807, 2.05) is 6.92 Å². The Hall–Kier alpha value is -0.170. The summed E-state index contributed by atoms with van der Waals surface area (Å²) < 4.78 is 33.1. The molecule has 1 aliphatic carbocycles. The van der Waals surface area contributed by atoms with Gasteiger partial charge < -0.3 is 4.74 Å². The van der Waals surface area contributed by atoms with Crippen molar-refractivity contribution in [1.82, 2.24) is 9.03 Å². The number of ether oxygens (including phenoxy) is 1. The Bertz CT molecular complexity index is 313. The first-order chi connectivity index (χ1) is 7.97. The van der Waals surface area contributed by atoms with E-state index in [1.54, 1.807) is 14.2 Å². The number of nitrogens with zero attached hydrogens (tertiary/aromatic N) is 1. The maximum atomic E-state index is 12.0. The van der Waals surface area contributed by atoms with E-state index in [4.69, 9.17) is 4.74 Å². The summed E-state index contributed by atoms with van der Waals surface area (Å²) in [4.78, 5) is 0. The fourth-order valence-electron chi connectivity index (χ4n) is 2.05. The Balaban J connectivity index is 2.50. The summed E-state index contributed by atoms with van der Waals surface area (Å²) in [7, 11) is -0.126. The van der Waals surface area contributed by atoms with Crippen molar-refractivity contribution in [2.45, 2.75) is 51.2 Å². The molecule has 0 aromatic rings. The Morgan fingerprint density at radius 3 is 2.47 bits per heavy atom. The predicted molar refractivity (Wildman–Crippen MR) is 68.0 cm³/mol. The summed E-state index contributed by atoms with van der Waals surface area (Å²) >= 11 is 0. The molecule has 0 aliphatic heterocycles. The van der Waals surface area contributed by atoms with Gasteiger partial charge in [0, 0.05) is 26.7 Å². The van der Waals surface area contributed by atoms with E-state index in [-0.39, 0.29) is 12.1 Å². The zero-order valence-electron chi connectivity index (χ0n) is 11.0. The fourth-order valence-corrected chi connectivity index (χ4v) is 3.30.